The zero-order valence-electron chi connectivity index (χ0n) is 9.58. The van der Waals surface area contributed by atoms with Crippen LogP contribution < -0.4 is 5.32 Å². The molecule has 0 saturated carbocycles. The summed E-state index contributed by atoms with van der Waals surface area (Å²) in [6, 6.07) is 7.13. The van der Waals surface area contributed by atoms with Crippen molar-refractivity contribution in [3.05, 3.63) is 29.0 Å². The molecule has 1 aromatic heterocycles. The molecular weight excluding hydrogens is 254 g/mol. The molecule has 7 nitrogen and oxygen atoms in total. The van der Waals surface area contributed by atoms with Gasteiger partial charge in [-0.05, 0) is 30.4 Å². The maximum absolute atomic E-state index is 11.4. The molecule has 0 aliphatic heterocycles. The van der Waals surface area contributed by atoms with Crippen molar-refractivity contribution in [2.45, 2.75) is 0 Å². The first kappa shape index (κ1) is 12.4. The molecule has 0 bridgehead atoms. The Kier molecular flexibility index (Phi) is 3.80. The van der Waals surface area contributed by atoms with Crippen LogP contribution in [-0.2, 0) is 9.53 Å². The van der Waals surface area contributed by atoms with Crippen molar-refractivity contribution in [1.82, 2.24) is 20.2 Å². The van der Waals surface area contributed by atoms with Gasteiger partial charge in [0, 0.05) is 12.8 Å². The average Bonchev–Trinajstić information content (AvgIpc) is 2.76. The van der Waals surface area contributed by atoms with E-state index in [1.165, 1.54) is 11.8 Å². The van der Waals surface area contributed by atoms with E-state index in [0.29, 0.717) is 10.5 Å². The van der Waals surface area contributed by atoms with E-state index >= 15 is 0 Å². The summed E-state index contributed by atoms with van der Waals surface area (Å²) in [5.41, 5.74) is 1.38. The second-order valence-electron chi connectivity index (χ2n) is 3.45. The average molecular weight is 265 g/mol. The van der Waals surface area contributed by atoms with Gasteiger partial charge in [-0.25, -0.2) is 4.68 Å². The number of H-pyrrole nitrogens is 1. The Bertz CT molecular complexity index is 606. The molecule has 0 saturated heterocycles. The first-order valence-electron chi connectivity index (χ1n) is 5.10. The topological polar surface area (TPSA) is 84.8 Å². The van der Waals surface area contributed by atoms with Crippen molar-refractivity contribution in [2.75, 3.05) is 19.0 Å². The van der Waals surface area contributed by atoms with Crippen molar-refractivity contribution in [1.29, 1.82) is 0 Å². The number of aromatic nitrogens is 4. The van der Waals surface area contributed by atoms with Crippen molar-refractivity contribution in [3.8, 4) is 5.69 Å². The highest BCUT2D eigenvalue weighted by Gasteiger charge is 2.04. The lowest BCUT2D eigenvalue weighted by atomic mass is 10.3. The normalized spacial score (nSPS) is 10.3. The van der Waals surface area contributed by atoms with E-state index in [2.05, 4.69) is 20.8 Å². The molecule has 0 unspecified atom stereocenters. The molecule has 2 aromatic rings. The largest absolute Gasteiger partial charge is 0.375 e. The maximum Gasteiger partial charge on any atom is 0.250 e. The molecule has 94 valence electrons. The van der Waals surface area contributed by atoms with E-state index < -0.39 is 0 Å². The third-order valence-electron chi connectivity index (χ3n) is 2.14. The summed E-state index contributed by atoms with van der Waals surface area (Å²) in [5.74, 6) is -0.221. The molecule has 0 fully saturated rings. The van der Waals surface area contributed by atoms with Gasteiger partial charge in [0.25, 0.3) is 0 Å². The number of nitrogens with one attached hydrogen (secondary N) is 2. The molecule has 1 amide bonds. The minimum absolute atomic E-state index is 0.00920. The number of hydrogen-bond donors (Lipinski definition) is 2. The van der Waals surface area contributed by atoms with E-state index in [0.717, 1.165) is 5.69 Å². The van der Waals surface area contributed by atoms with Gasteiger partial charge in [0.1, 0.15) is 6.61 Å². The first-order chi connectivity index (χ1) is 8.70. The summed E-state index contributed by atoms with van der Waals surface area (Å²) in [4.78, 5) is 11.4. The molecule has 0 aliphatic carbocycles. The number of benzene rings is 1. The van der Waals surface area contributed by atoms with Gasteiger partial charge >= 0.3 is 0 Å². The van der Waals surface area contributed by atoms with E-state index in [4.69, 9.17) is 17.0 Å². The van der Waals surface area contributed by atoms with Crippen LogP contribution in [0.2, 0.25) is 0 Å². The maximum atomic E-state index is 11.4. The van der Waals surface area contributed by atoms with Crippen molar-refractivity contribution in [3.63, 3.8) is 0 Å². The first-order valence-corrected chi connectivity index (χ1v) is 5.51. The summed E-state index contributed by atoms with van der Waals surface area (Å²) >= 11 is 4.99. The van der Waals surface area contributed by atoms with Gasteiger partial charge in [-0.3, -0.25) is 4.79 Å². The third-order valence-corrected chi connectivity index (χ3v) is 2.40. The van der Waals surface area contributed by atoms with Crippen LogP contribution in [0.4, 0.5) is 5.69 Å². The standard InChI is InChI=1S/C10H11N5O2S/c1-17-6-9(16)11-7-3-2-4-8(5-7)15-10(18)12-13-14-15/h2-5H,6H2,1H3,(H,11,16)(H,12,14,18). The van der Waals surface area contributed by atoms with Crippen LogP contribution in [0.5, 0.6) is 0 Å². The molecule has 8 heteroatoms. The minimum atomic E-state index is -0.221. The number of aromatic amines is 1. The smallest absolute Gasteiger partial charge is 0.250 e. The van der Waals surface area contributed by atoms with Crippen LogP contribution in [0.15, 0.2) is 24.3 Å². The lowest BCUT2D eigenvalue weighted by molar-refractivity contribution is -0.119. The van der Waals surface area contributed by atoms with Crippen LogP contribution >= 0.6 is 12.2 Å². The van der Waals surface area contributed by atoms with Gasteiger partial charge in [-0.15, -0.1) is 0 Å². The zero-order chi connectivity index (χ0) is 13.0. The number of hydrogen-bond acceptors (Lipinski definition) is 5. The lowest BCUT2D eigenvalue weighted by Crippen LogP contribution is -2.17. The molecule has 1 heterocycles. The van der Waals surface area contributed by atoms with Crippen molar-refractivity contribution >= 4 is 23.8 Å². The zero-order valence-corrected chi connectivity index (χ0v) is 10.4. The Balaban J connectivity index is 2.23. The monoisotopic (exact) mass is 265 g/mol. The summed E-state index contributed by atoms with van der Waals surface area (Å²) < 4.78 is 6.58. The molecule has 1 aromatic carbocycles. The van der Waals surface area contributed by atoms with Crippen LogP contribution in [0.1, 0.15) is 0 Å². The fraction of sp³-hybridized carbons (Fsp3) is 0.200. The van der Waals surface area contributed by atoms with E-state index in [-0.39, 0.29) is 12.5 Å². The van der Waals surface area contributed by atoms with Gasteiger partial charge in [0.15, 0.2) is 0 Å². The number of carbonyl (C=O) groups excluding carboxylic acids is 1. The quantitative estimate of drug-likeness (QED) is 0.803. The summed E-state index contributed by atoms with van der Waals surface area (Å²) in [6.45, 7) is 0.00920. The van der Waals surface area contributed by atoms with Crippen LogP contribution in [-0.4, -0.2) is 39.8 Å². The fourth-order valence-corrected chi connectivity index (χ4v) is 1.60. The predicted molar refractivity (Wildman–Crippen MR) is 67.0 cm³/mol. The van der Waals surface area contributed by atoms with E-state index in [1.807, 2.05) is 6.07 Å². The Labute approximate surface area is 108 Å². The summed E-state index contributed by atoms with van der Waals surface area (Å²) in [7, 11) is 1.46. The number of nitrogens with zero attached hydrogens (tertiary/aromatic N) is 3. The second-order valence-corrected chi connectivity index (χ2v) is 3.81. The number of ether oxygens (including phenoxy) is 1. The molecule has 2 N–H and O–H groups in total. The highest BCUT2D eigenvalue weighted by atomic mass is 32.1. The second kappa shape index (κ2) is 5.52. The van der Waals surface area contributed by atoms with Gasteiger partial charge < -0.3 is 10.1 Å². The summed E-state index contributed by atoms with van der Waals surface area (Å²) in [5, 5.41) is 12.6. The minimum Gasteiger partial charge on any atom is -0.375 e. The number of methoxy groups -OCH3 is 1. The van der Waals surface area contributed by atoms with E-state index in [1.54, 1.807) is 18.2 Å². The van der Waals surface area contributed by atoms with Gasteiger partial charge in [-0.1, -0.05) is 16.4 Å². The number of rotatable bonds is 4. The van der Waals surface area contributed by atoms with Crippen LogP contribution in [0.3, 0.4) is 0 Å². The molecule has 0 spiro atoms. The number of amides is 1. The third kappa shape index (κ3) is 2.79. The predicted octanol–water partition coefficient (Wildman–Crippen LogP) is 0.910. The number of tetrazole rings is 1. The lowest BCUT2D eigenvalue weighted by Gasteiger charge is -2.06. The fourth-order valence-electron chi connectivity index (χ4n) is 1.42. The van der Waals surface area contributed by atoms with Gasteiger partial charge in [0.2, 0.25) is 10.7 Å². The molecule has 0 aliphatic rings. The summed E-state index contributed by atoms with van der Waals surface area (Å²) in [6.07, 6.45) is 0. The van der Waals surface area contributed by atoms with E-state index in [9.17, 15) is 4.79 Å². The Morgan fingerprint density at radius 3 is 3.11 bits per heavy atom. The van der Waals surface area contributed by atoms with Crippen molar-refractivity contribution < 1.29 is 9.53 Å². The van der Waals surface area contributed by atoms with Gasteiger partial charge in [0.05, 0.1) is 5.69 Å². The Morgan fingerprint density at radius 1 is 1.61 bits per heavy atom. The SMILES string of the molecule is COCC(=O)Nc1cccc(-n2[nH]nnc2=S)c1. The molecule has 18 heavy (non-hydrogen) atoms. The van der Waals surface area contributed by atoms with Crippen molar-refractivity contribution in [2.24, 2.45) is 0 Å². The highest BCUT2D eigenvalue weighted by molar-refractivity contribution is 7.71. The van der Waals surface area contributed by atoms with Crippen LogP contribution in [0.25, 0.3) is 5.69 Å². The Morgan fingerprint density at radius 2 is 2.44 bits per heavy atom. The van der Waals surface area contributed by atoms with Gasteiger partial charge in [-0.2, -0.15) is 5.21 Å². The highest BCUT2D eigenvalue weighted by Crippen LogP contribution is 2.13. The Hall–Kier alpha value is -2.06. The molecule has 2 rings (SSSR count). The van der Waals surface area contributed by atoms with Crippen LogP contribution in [0, 0.1) is 4.77 Å². The molecular formula is C10H11N5O2S. The molecule has 0 radical (unpaired) electrons. The molecule has 0 atom stereocenters. The number of carbonyl (C=O) groups is 1. The number of anilines is 1.